The molecule has 0 saturated carbocycles. The number of aliphatic imine (C=N–C) groups is 1. The molecule has 1 unspecified atom stereocenters. The second-order valence-corrected chi connectivity index (χ2v) is 6.83. The number of fused-ring (bicyclic) bond motifs is 1. The van der Waals surface area contributed by atoms with Crippen LogP contribution in [0, 0.1) is 5.92 Å². The van der Waals surface area contributed by atoms with Gasteiger partial charge >= 0.3 is 0 Å². The van der Waals surface area contributed by atoms with Crippen LogP contribution in [0.25, 0.3) is 0 Å². The van der Waals surface area contributed by atoms with E-state index in [4.69, 9.17) is 11.6 Å². The predicted octanol–water partition coefficient (Wildman–Crippen LogP) is 4.15. The minimum Gasteiger partial charge on any atom is -0.349 e. The molecule has 0 fully saturated rings. The third kappa shape index (κ3) is 3.61. The summed E-state index contributed by atoms with van der Waals surface area (Å²) in [6.45, 7) is 2.33. The number of nitrogens with one attached hydrogen (secondary N) is 1. The molecule has 3 aromatic rings. The molecule has 2 heterocycles. The van der Waals surface area contributed by atoms with Crippen molar-refractivity contribution in [3.05, 3.63) is 70.7 Å². The maximum absolute atomic E-state index is 12.9. The average molecular weight is 380 g/mol. The van der Waals surface area contributed by atoms with Crippen LogP contribution < -0.4 is 5.32 Å². The van der Waals surface area contributed by atoms with Gasteiger partial charge in [0.1, 0.15) is 0 Å². The molecule has 0 spiro atoms. The lowest BCUT2D eigenvalue weighted by Crippen LogP contribution is -2.33. The number of carbonyl (C=O) groups excluding carboxylic acids is 1. The molecule has 27 heavy (non-hydrogen) atoms. The molecule has 1 atom stereocenters. The Hall–Kier alpha value is -2.99. The number of nitrogens with zero attached hydrogens (tertiary/aromatic N) is 4. The Labute approximate surface area is 161 Å². The molecule has 2 aromatic carbocycles. The monoisotopic (exact) mass is 379 g/mol. The van der Waals surface area contributed by atoms with Gasteiger partial charge in [0.15, 0.2) is 0 Å². The first kappa shape index (κ1) is 17.4. The number of halogens is 1. The van der Waals surface area contributed by atoms with Crippen LogP contribution >= 0.6 is 11.6 Å². The van der Waals surface area contributed by atoms with Gasteiger partial charge in [-0.05, 0) is 30.5 Å². The number of anilines is 1. The van der Waals surface area contributed by atoms with Gasteiger partial charge in [-0.2, -0.15) is 9.67 Å². The summed E-state index contributed by atoms with van der Waals surface area (Å²) in [5.41, 5.74) is 2.77. The van der Waals surface area contributed by atoms with Crippen molar-refractivity contribution >= 4 is 35.1 Å². The molecule has 6 nitrogen and oxygen atoms in total. The number of hydrogen-bond donors (Lipinski definition) is 1. The molecule has 136 valence electrons. The van der Waals surface area contributed by atoms with Gasteiger partial charge < -0.3 is 5.32 Å². The molecular formula is C20H18ClN5O. The molecule has 1 aromatic heterocycles. The van der Waals surface area contributed by atoms with E-state index in [1.54, 1.807) is 0 Å². The Morgan fingerprint density at radius 1 is 1.11 bits per heavy atom. The van der Waals surface area contributed by atoms with Gasteiger partial charge in [-0.15, -0.1) is 5.10 Å². The highest BCUT2D eigenvalue weighted by Crippen LogP contribution is 2.25. The lowest BCUT2D eigenvalue weighted by Gasteiger charge is -2.19. The Morgan fingerprint density at radius 2 is 1.85 bits per heavy atom. The molecule has 0 amide bonds. The van der Waals surface area contributed by atoms with Crippen molar-refractivity contribution in [1.29, 1.82) is 0 Å². The summed E-state index contributed by atoms with van der Waals surface area (Å²) in [6, 6.07) is 17.5. The van der Waals surface area contributed by atoms with E-state index in [0.717, 1.165) is 16.8 Å². The first-order valence-electron chi connectivity index (χ1n) is 8.69. The van der Waals surface area contributed by atoms with Crippen LogP contribution in [0.3, 0.4) is 0 Å². The van der Waals surface area contributed by atoms with E-state index in [-0.39, 0.29) is 11.8 Å². The third-order valence-electron chi connectivity index (χ3n) is 4.56. The van der Waals surface area contributed by atoms with E-state index in [1.807, 2.05) is 61.5 Å². The second-order valence-electron chi connectivity index (χ2n) is 6.43. The number of hydrogen-bond acceptors (Lipinski definition) is 5. The van der Waals surface area contributed by atoms with Gasteiger partial charge in [-0.3, -0.25) is 4.79 Å². The van der Waals surface area contributed by atoms with Crippen LogP contribution in [0.4, 0.5) is 11.9 Å². The highest BCUT2D eigenvalue weighted by atomic mass is 35.5. The van der Waals surface area contributed by atoms with Gasteiger partial charge in [0.25, 0.3) is 11.9 Å². The fourth-order valence-electron chi connectivity index (χ4n) is 3.06. The summed E-state index contributed by atoms with van der Waals surface area (Å²) < 4.78 is 1.29. The van der Waals surface area contributed by atoms with E-state index in [2.05, 4.69) is 20.4 Å². The summed E-state index contributed by atoms with van der Waals surface area (Å²) >= 11 is 6.17. The Bertz CT molecular complexity index is 1010. The van der Waals surface area contributed by atoms with Crippen molar-refractivity contribution in [2.75, 3.05) is 5.32 Å². The quantitative estimate of drug-likeness (QED) is 0.722. The van der Waals surface area contributed by atoms with Crippen LogP contribution in [-0.2, 0) is 13.0 Å². The molecule has 0 radical (unpaired) electrons. The van der Waals surface area contributed by atoms with Crippen LogP contribution in [-0.4, -0.2) is 26.4 Å². The Morgan fingerprint density at radius 3 is 2.63 bits per heavy atom. The highest BCUT2D eigenvalue weighted by Gasteiger charge is 2.31. The van der Waals surface area contributed by atoms with E-state index in [0.29, 0.717) is 29.9 Å². The summed E-state index contributed by atoms with van der Waals surface area (Å²) in [5.74, 6) is 0.219. The lowest BCUT2D eigenvalue weighted by molar-refractivity contribution is 0.0852. The molecule has 1 N–H and O–H groups in total. The van der Waals surface area contributed by atoms with Gasteiger partial charge in [-0.25, -0.2) is 4.99 Å². The first-order chi connectivity index (χ1) is 13.1. The van der Waals surface area contributed by atoms with Crippen LogP contribution in [0.2, 0.25) is 5.02 Å². The summed E-state index contributed by atoms with van der Waals surface area (Å²) in [4.78, 5) is 21.7. The molecule has 0 saturated heterocycles. The van der Waals surface area contributed by atoms with E-state index in [9.17, 15) is 4.79 Å². The van der Waals surface area contributed by atoms with E-state index >= 15 is 0 Å². The zero-order valence-corrected chi connectivity index (χ0v) is 15.5. The molecular weight excluding hydrogens is 362 g/mol. The van der Waals surface area contributed by atoms with Crippen LogP contribution in [0.1, 0.15) is 22.8 Å². The van der Waals surface area contributed by atoms with Crippen molar-refractivity contribution < 1.29 is 4.79 Å². The Balaban J connectivity index is 1.52. The standard InChI is InChI=1S/C20H18ClN5O/c1-13-16(11-14-7-3-2-4-8-14)18(27)26-20(23-13)24-19(25-26)22-12-15-9-5-6-10-17(15)21/h2-10,16H,11-12H2,1H3,(H,22,25). The summed E-state index contributed by atoms with van der Waals surface area (Å²) in [7, 11) is 0. The third-order valence-corrected chi connectivity index (χ3v) is 4.92. The van der Waals surface area contributed by atoms with Gasteiger partial charge in [-0.1, -0.05) is 60.1 Å². The Kier molecular flexibility index (Phi) is 4.73. The maximum atomic E-state index is 12.9. The smallest absolute Gasteiger partial charge is 0.259 e. The van der Waals surface area contributed by atoms with Gasteiger partial charge in [0.2, 0.25) is 5.95 Å². The molecule has 1 aliphatic heterocycles. The lowest BCUT2D eigenvalue weighted by atomic mass is 9.94. The van der Waals surface area contributed by atoms with Crippen molar-refractivity contribution in [1.82, 2.24) is 14.8 Å². The minimum absolute atomic E-state index is 0.111. The second kappa shape index (κ2) is 7.32. The molecule has 4 rings (SSSR count). The van der Waals surface area contributed by atoms with Crippen molar-refractivity contribution in [2.24, 2.45) is 10.9 Å². The fraction of sp³-hybridized carbons (Fsp3) is 0.200. The molecule has 1 aliphatic rings. The molecule has 7 heteroatoms. The highest BCUT2D eigenvalue weighted by molar-refractivity contribution is 6.31. The largest absolute Gasteiger partial charge is 0.349 e. The zero-order valence-electron chi connectivity index (χ0n) is 14.8. The van der Waals surface area contributed by atoms with Crippen LogP contribution in [0.15, 0.2) is 59.6 Å². The van der Waals surface area contributed by atoms with E-state index in [1.165, 1.54) is 4.68 Å². The number of benzene rings is 2. The predicted molar refractivity (Wildman–Crippen MR) is 106 cm³/mol. The molecule has 0 aliphatic carbocycles. The fourth-order valence-corrected chi connectivity index (χ4v) is 3.26. The topological polar surface area (TPSA) is 72.2 Å². The number of carbonyl (C=O) groups is 1. The van der Waals surface area contributed by atoms with Gasteiger partial charge in [0.05, 0.1) is 5.92 Å². The summed E-state index contributed by atoms with van der Waals surface area (Å²) in [5, 5.41) is 8.08. The minimum atomic E-state index is -0.335. The molecule has 0 bridgehead atoms. The SMILES string of the molecule is CC1=Nc2nc(NCc3ccccc3Cl)nn2C(=O)C1Cc1ccccc1. The van der Waals surface area contributed by atoms with E-state index < -0.39 is 0 Å². The maximum Gasteiger partial charge on any atom is 0.259 e. The van der Waals surface area contributed by atoms with Gasteiger partial charge in [0, 0.05) is 17.3 Å². The number of rotatable bonds is 5. The van der Waals surface area contributed by atoms with Crippen molar-refractivity contribution in [2.45, 2.75) is 19.9 Å². The van der Waals surface area contributed by atoms with Crippen molar-refractivity contribution in [3.63, 3.8) is 0 Å². The summed E-state index contributed by atoms with van der Waals surface area (Å²) in [6.07, 6.45) is 0.594. The normalized spacial score (nSPS) is 16.0. The van der Waals surface area contributed by atoms with Crippen LogP contribution in [0.5, 0.6) is 0 Å². The zero-order chi connectivity index (χ0) is 18.8. The average Bonchev–Trinajstić information content (AvgIpc) is 3.08. The number of aromatic nitrogens is 3. The van der Waals surface area contributed by atoms with Crippen molar-refractivity contribution in [3.8, 4) is 0 Å². The first-order valence-corrected chi connectivity index (χ1v) is 9.07.